The number of nitrogens with zero attached hydrogens (tertiary/aromatic N) is 1. The molecule has 6 atom stereocenters. The lowest BCUT2D eigenvalue weighted by Gasteiger charge is -2.28. The summed E-state index contributed by atoms with van der Waals surface area (Å²) in [7, 11) is 0. The fraction of sp³-hybridized carbons (Fsp3) is 0.368. The van der Waals surface area contributed by atoms with Crippen LogP contribution in [-0.4, -0.2) is 21.5 Å². The first kappa shape index (κ1) is 15.1. The molecule has 3 aliphatic rings. The quantitative estimate of drug-likeness (QED) is 0.486. The maximum Gasteiger partial charge on any atom is 0.238 e. The Balaban J connectivity index is 1.57. The SMILES string of the molecule is O=C1[C@@H]2[C@H]3C[C@@H]([C@H](Br)[C@H]3Br)[C@H]2C(=O)N1c1ccc2ccccc2c1. The fourth-order valence-corrected chi connectivity index (χ4v) is 6.79. The van der Waals surface area contributed by atoms with E-state index in [2.05, 4.69) is 31.9 Å². The van der Waals surface area contributed by atoms with E-state index in [1.54, 1.807) is 0 Å². The molecule has 0 radical (unpaired) electrons. The molecule has 0 N–H and O–H groups in total. The topological polar surface area (TPSA) is 37.4 Å². The first-order valence-electron chi connectivity index (χ1n) is 8.22. The minimum Gasteiger partial charge on any atom is -0.274 e. The average molecular weight is 449 g/mol. The third-order valence-electron chi connectivity index (χ3n) is 5.98. The molecule has 2 amide bonds. The van der Waals surface area contributed by atoms with Crippen molar-refractivity contribution in [3.63, 3.8) is 0 Å². The van der Waals surface area contributed by atoms with Gasteiger partial charge in [0.15, 0.2) is 0 Å². The molecule has 2 aromatic rings. The van der Waals surface area contributed by atoms with Crippen LogP contribution in [0.4, 0.5) is 5.69 Å². The van der Waals surface area contributed by atoms with Crippen molar-refractivity contribution in [2.45, 2.75) is 16.1 Å². The molecule has 0 unspecified atom stereocenters. The maximum absolute atomic E-state index is 13.0. The van der Waals surface area contributed by atoms with E-state index < -0.39 is 0 Å². The van der Waals surface area contributed by atoms with Gasteiger partial charge in [-0.15, -0.1) is 0 Å². The van der Waals surface area contributed by atoms with Crippen LogP contribution in [0.3, 0.4) is 0 Å². The van der Waals surface area contributed by atoms with Crippen LogP contribution in [0.2, 0.25) is 0 Å². The van der Waals surface area contributed by atoms with Crippen molar-refractivity contribution in [2.75, 3.05) is 4.90 Å². The molecule has 5 rings (SSSR count). The second-order valence-corrected chi connectivity index (χ2v) is 9.16. The van der Waals surface area contributed by atoms with Crippen molar-refractivity contribution in [3.8, 4) is 0 Å². The molecular weight excluding hydrogens is 434 g/mol. The van der Waals surface area contributed by atoms with Gasteiger partial charge in [0.1, 0.15) is 0 Å². The summed E-state index contributed by atoms with van der Waals surface area (Å²) in [6.45, 7) is 0. The molecule has 0 spiro atoms. The number of benzene rings is 2. The number of carbonyl (C=O) groups excluding carboxylic acids is 2. The first-order valence-corrected chi connectivity index (χ1v) is 10.1. The predicted molar refractivity (Wildman–Crippen MR) is 100 cm³/mol. The minimum absolute atomic E-state index is 0.0170. The Labute approximate surface area is 156 Å². The predicted octanol–water partition coefficient (Wildman–Crippen LogP) is 4.12. The molecule has 5 heteroatoms. The lowest BCUT2D eigenvalue weighted by atomic mass is 9.81. The van der Waals surface area contributed by atoms with Crippen molar-refractivity contribution >= 4 is 60.1 Å². The molecule has 2 bridgehead atoms. The van der Waals surface area contributed by atoms with Crippen molar-refractivity contribution < 1.29 is 9.59 Å². The van der Waals surface area contributed by atoms with Crippen LogP contribution in [0.25, 0.3) is 10.8 Å². The van der Waals surface area contributed by atoms with E-state index in [-0.39, 0.29) is 45.1 Å². The van der Waals surface area contributed by atoms with Crippen LogP contribution in [0.5, 0.6) is 0 Å². The summed E-state index contributed by atoms with van der Waals surface area (Å²) in [4.78, 5) is 28.1. The highest BCUT2D eigenvalue weighted by molar-refractivity contribution is 9.12. The second-order valence-electron chi connectivity index (χ2n) is 7.05. The number of hydrogen-bond acceptors (Lipinski definition) is 2. The minimum atomic E-state index is -0.160. The Morgan fingerprint density at radius 1 is 0.833 bits per heavy atom. The number of amides is 2. The number of alkyl halides is 2. The van der Waals surface area contributed by atoms with Gasteiger partial charge in [0.25, 0.3) is 0 Å². The normalized spacial score (nSPS) is 37.5. The molecule has 122 valence electrons. The lowest BCUT2D eigenvalue weighted by Crippen LogP contribution is -2.37. The fourth-order valence-electron chi connectivity index (χ4n) is 4.92. The highest BCUT2D eigenvalue weighted by atomic mass is 79.9. The third kappa shape index (κ3) is 1.83. The van der Waals surface area contributed by atoms with Gasteiger partial charge in [-0.3, -0.25) is 14.5 Å². The van der Waals surface area contributed by atoms with Gasteiger partial charge in [0.05, 0.1) is 17.5 Å². The number of imide groups is 1. The van der Waals surface area contributed by atoms with Gasteiger partial charge in [0.2, 0.25) is 11.8 Å². The third-order valence-corrected chi connectivity index (χ3v) is 9.18. The van der Waals surface area contributed by atoms with Gasteiger partial charge in [-0.05, 0) is 41.2 Å². The van der Waals surface area contributed by atoms with Crippen molar-refractivity contribution in [3.05, 3.63) is 42.5 Å². The van der Waals surface area contributed by atoms with Crippen LogP contribution in [0.1, 0.15) is 6.42 Å². The summed E-state index contributed by atoms with van der Waals surface area (Å²) in [5.41, 5.74) is 0.703. The van der Waals surface area contributed by atoms with E-state index in [1.165, 1.54) is 4.90 Å². The van der Waals surface area contributed by atoms with Gasteiger partial charge in [-0.25, -0.2) is 0 Å². The van der Waals surface area contributed by atoms with Gasteiger partial charge in [0, 0.05) is 9.65 Å². The highest BCUT2D eigenvalue weighted by Crippen LogP contribution is 2.60. The Morgan fingerprint density at radius 2 is 1.42 bits per heavy atom. The number of carbonyl (C=O) groups is 2. The Bertz CT molecular complexity index is 851. The first-order chi connectivity index (χ1) is 11.6. The van der Waals surface area contributed by atoms with Gasteiger partial charge < -0.3 is 0 Å². The van der Waals surface area contributed by atoms with Crippen LogP contribution in [-0.2, 0) is 9.59 Å². The Morgan fingerprint density at radius 3 is 2.04 bits per heavy atom. The molecule has 1 aliphatic heterocycles. The Hall–Kier alpha value is -1.20. The summed E-state index contributed by atoms with van der Waals surface area (Å²) >= 11 is 7.45. The summed E-state index contributed by atoms with van der Waals surface area (Å²) in [6.07, 6.45) is 0.963. The van der Waals surface area contributed by atoms with Crippen LogP contribution in [0, 0.1) is 23.7 Å². The number of hydrogen-bond donors (Lipinski definition) is 0. The number of halogens is 2. The molecule has 3 nitrogen and oxygen atoms in total. The summed E-state index contributed by atoms with van der Waals surface area (Å²) in [5, 5.41) is 2.16. The van der Waals surface area contributed by atoms with E-state index in [0.29, 0.717) is 5.69 Å². The molecule has 2 aliphatic carbocycles. The van der Waals surface area contributed by atoms with Crippen LogP contribution in [0.15, 0.2) is 42.5 Å². The zero-order valence-electron chi connectivity index (χ0n) is 12.7. The zero-order valence-corrected chi connectivity index (χ0v) is 15.9. The van der Waals surface area contributed by atoms with Gasteiger partial charge in [-0.2, -0.15) is 0 Å². The lowest BCUT2D eigenvalue weighted by molar-refractivity contribution is -0.123. The molecule has 2 aromatic carbocycles. The zero-order chi connectivity index (χ0) is 16.6. The maximum atomic E-state index is 13.0. The van der Waals surface area contributed by atoms with E-state index in [4.69, 9.17) is 0 Å². The number of rotatable bonds is 1. The van der Waals surface area contributed by atoms with Crippen LogP contribution >= 0.6 is 31.9 Å². The average Bonchev–Trinajstić information content (AvgIpc) is 3.19. The van der Waals surface area contributed by atoms with Crippen molar-refractivity contribution in [1.82, 2.24) is 0 Å². The molecule has 1 heterocycles. The smallest absolute Gasteiger partial charge is 0.238 e. The highest BCUT2D eigenvalue weighted by Gasteiger charge is 2.66. The monoisotopic (exact) mass is 447 g/mol. The number of fused-ring (bicyclic) bond motifs is 6. The van der Waals surface area contributed by atoms with Crippen LogP contribution < -0.4 is 4.90 Å². The summed E-state index contributed by atoms with van der Waals surface area (Å²) in [6, 6.07) is 13.8. The van der Waals surface area contributed by atoms with Gasteiger partial charge in [-0.1, -0.05) is 62.2 Å². The van der Waals surface area contributed by atoms with E-state index in [1.807, 2.05) is 42.5 Å². The molecular formula is C19H15Br2NO2. The van der Waals surface area contributed by atoms with E-state index in [0.717, 1.165) is 17.2 Å². The van der Waals surface area contributed by atoms with Crippen molar-refractivity contribution in [1.29, 1.82) is 0 Å². The molecule has 2 saturated carbocycles. The molecule has 24 heavy (non-hydrogen) atoms. The molecule has 0 aromatic heterocycles. The van der Waals surface area contributed by atoms with Crippen molar-refractivity contribution in [2.24, 2.45) is 23.7 Å². The largest absolute Gasteiger partial charge is 0.274 e. The second kappa shape index (κ2) is 5.15. The number of anilines is 1. The van der Waals surface area contributed by atoms with E-state index in [9.17, 15) is 9.59 Å². The standard InChI is InChI=1S/C19H15Br2NO2/c20-16-12-8-13(17(16)21)15-14(12)18(23)22(19(15)24)11-6-5-9-3-1-2-4-10(9)7-11/h1-7,12-17H,8H2/t12-,13-,14-,15-,16+,17+/m1/s1. The molecule has 1 saturated heterocycles. The Kier molecular flexibility index (Phi) is 3.24. The summed E-state index contributed by atoms with van der Waals surface area (Å²) in [5.74, 6) is 0.158. The van der Waals surface area contributed by atoms with Gasteiger partial charge >= 0.3 is 0 Å². The van der Waals surface area contributed by atoms with E-state index >= 15 is 0 Å². The summed E-state index contributed by atoms with van der Waals surface area (Å²) < 4.78 is 0. The molecule has 3 fully saturated rings.